The molecule has 9 heteroatoms. The Bertz CT molecular complexity index is 720. The van der Waals surface area contributed by atoms with E-state index in [4.69, 9.17) is 0 Å². The zero-order chi connectivity index (χ0) is 14.8. The van der Waals surface area contributed by atoms with Gasteiger partial charge in [-0.25, -0.2) is 9.89 Å². The maximum Gasteiger partial charge on any atom is 0.416 e. The molecule has 20 heavy (non-hydrogen) atoms. The molecule has 0 aliphatic carbocycles. The molecule has 6 nitrogen and oxygen atoms in total. The summed E-state index contributed by atoms with van der Waals surface area (Å²) in [6.45, 7) is -0.0357. The smallest absolute Gasteiger partial charge is 0.360 e. The summed E-state index contributed by atoms with van der Waals surface area (Å²) < 4.78 is 37.5. The van der Waals surface area contributed by atoms with Crippen LogP contribution in [0.3, 0.4) is 0 Å². The summed E-state index contributed by atoms with van der Waals surface area (Å²) in [6.07, 6.45) is -4.43. The van der Waals surface area contributed by atoms with E-state index in [9.17, 15) is 22.8 Å². The van der Waals surface area contributed by atoms with Crippen molar-refractivity contribution in [3.63, 3.8) is 0 Å². The van der Waals surface area contributed by atoms with E-state index in [1.165, 1.54) is 12.1 Å². The van der Waals surface area contributed by atoms with Crippen molar-refractivity contribution in [2.75, 3.05) is 5.32 Å². The standard InChI is InChI=1S/C11H9F3N4O2/c12-11(13,14)7-3-1-2-6(4-7)5-15-8-9(19)16-10(20)18-17-8/h1-4H,5H2,(H,15,17)(H2,16,18,19,20). The molecule has 1 heterocycles. The van der Waals surface area contributed by atoms with Crippen molar-refractivity contribution >= 4 is 5.82 Å². The fourth-order valence-electron chi connectivity index (χ4n) is 1.51. The summed E-state index contributed by atoms with van der Waals surface area (Å²) in [5.74, 6) is -0.179. The van der Waals surface area contributed by atoms with Crippen LogP contribution in [0, 0.1) is 0 Å². The number of rotatable bonds is 3. The number of anilines is 1. The molecular formula is C11H9F3N4O2. The Hall–Kier alpha value is -2.58. The highest BCUT2D eigenvalue weighted by atomic mass is 19.4. The number of halogens is 3. The van der Waals surface area contributed by atoms with Gasteiger partial charge in [-0.2, -0.15) is 13.2 Å². The third-order valence-electron chi connectivity index (χ3n) is 2.43. The van der Waals surface area contributed by atoms with E-state index in [0.29, 0.717) is 5.56 Å². The second kappa shape index (κ2) is 5.19. The lowest BCUT2D eigenvalue weighted by Gasteiger charge is -2.09. The first-order valence-electron chi connectivity index (χ1n) is 5.45. The molecule has 1 aromatic heterocycles. The molecule has 3 N–H and O–H groups in total. The monoisotopic (exact) mass is 286 g/mol. The Labute approximate surface area is 109 Å². The number of aromatic amines is 2. The number of H-pyrrole nitrogens is 2. The Balaban J connectivity index is 2.15. The Morgan fingerprint density at radius 2 is 2.00 bits per heavy atom. The molecule has 0 unspecified atom stereocenters. The van der Waals surface area contributed by atoms with E-state index >= 15 is 0 Å². The summed E-state index contributed by atoms with van der Waals surface area (Å²) in [7, 11) is 0. The van der Waals surface area contributed by atoms with Gasteiger partial charge in [0.05, 0.1) is 5.56 Å². The van der Waals surface area contributed by atoms with Gasteiger partial charge in [0.2, 0.25) is 5.82 Å². The van der Waals surface area contributed by atoms with Gasteiger partial charge in [-0.3, -0.25) is 9.78 Å². The Morgan fingerprint density at radius 1 is 1.25 bits per heavy atom. The molecule has 1 aromatic carbocycles. The maximum absolute atomic E-state index is 12.5. The van der Waals surface area contributed by atoms with E-state index in [1.807, 2.05) is 10.1 Å². The van der Waals surface area contributed by atoms with Crippen LogP contribution >= 0.6 is 0 Å². The minimum Gasteiger partial charge on any atom is -0.360 e. The van der Waals surface area contributed by atoms with Crippen molar-refractivity contribution in [3.05, 3.63) is 56.2 Å². The number of hydrogen-bond donors (Lipinski definition) is 3. The minimum atomic E-state index is -4.43. The number of aromatic nitrogens is 3. The lowest BCUT2D eigenvalue weighted by atomic mass is 10.1. The molecule has 0 spiro atoms. The van der Waals surface area contributed by atoms with Crippen molar-refractivity contribution in [2.24, 2.45) is 0 Å². The van der Waals surface area contributed by atoms with Crippen LogP contribution in [0.5, 0.6) is 0 Å². The van der Waals surface area contributed by atoms with Crippen molar-refractivity contribution in [2.45, 2.75) is 12.7 Å². The van der Waals surface area contributed by atoms with Crippen LogP contribution in [0.1, 0.15) is 11.1 Å². The van der Waals surface area contributed by atoms with Crippen LogP contribution in [-0.2, 0) is 12.7 Å². The Morgan fingerprint density at radius 3 is 2.65 bits per heavy atom. The van der Waals surface area contributed by atoms with E-state index < -0.39 is 23.0 Å². The third-order valence-corrected chi connectivity index (χ3v) is 2.43. The van der Waals surface area contributed by atoms with Gasteiger partial charge < -0.3 is 5.32 Å². The molecule has 0 saturated heterocycles. The molecule has 106 valence electrons. The van der Waals surface area contributed by atoms with Crippen molar-refractivity contribution in [1.82, 2.24) is 15.2 Å². The molecule has 0 fully saturated rings. The van der Waals surface area contributed by atoms with E-state index in [1.54, 1.807) is 0 Å². The van der Waals surface area contributed by atoms with Crippen LogP contribution in [0.15, 0.2) is 33.9 Å². The SMILES string of the molecule is O=c1[nH]nc(NCc2cccc(C(F)(F)F)c2)c(=O)[nH]1. The highest BCUT2D eigenvalue weighted by Gasteiger charge is 2.30. The first kappa shape index (κ1) is 13.8. The van der Waals surface area contributed by atoms with Crippen molar-refractivity contribution in [3.8, 4) is 0 Å². The van der Waals surface area contributed by atoms with Crippen LogP contribution in [0.25, 0.3) is 0 Å². The van der Waals surface area contributed by atoms with Crippen molar-refractivity contribution < 1.29 is 13.2 Å². The zero-order valence-electron chi connectivity index (χ0n) is 9.91. The molecule has 2 rings (SSSR count). The first-order chi connectivity index (χ1) is 9.36. The molecule has 0 aliphatic rings. The fourth-order valence-corrected chi connectivity index (χ4v) is 1.51. The van der Waals surface area contributed by atoms with Gasteiger partial charge in [0.1, 0.15) is 0 Å². The van der Waals surface area contributed by atoms with E-state index in [-0.39, 0.29) is 12.4 Å². The molecule has 2 aromatic rings. The normalized spacial score (nSPS) is 11.3. The molecule has 0 amide bonds. The lowest BCUT2D eigenvalue weighted by Crippen LogP contribution is -2.26. The summed E-state index contributed by atoms with van der Waals surface area (Å²) in [4.78, 5) is 24.0. The van der Waals surface area contributed by atoms with Gasteiger partial charge in [0, 0.05) is 6.54 Å². The lowest BCUT2D eigenvalue weighted by molar-refractivity contribution is -0.137. The fraction of sp³-hybridized carbons (Fsp3) is 0.182. The number of benzene rings is 1. The van der Waals surface area contributed by atoms with Crippen LogP contribution in [-0.4, -0.2) is 15.2 Å². The molecule has 0 saturated carbocycles. The molecule has 0 atom stereocenters. The van der Waals surface area contributed by atoms with Gasteiger partial charge in [-0.05, 0) is 17.7 Å². The molecule has 0 bridgehead atoms. The van der Waals surface area contributed by atoms with E-state index in [2.05, 4.69) is 10.4 Å². The van der Waals surface area contributed by atoms with Crippen LogP contribution < -0.4 is 16.6 Å². The minimum absolute atomic E-state index is 0.0357. The topological polar surface area (TPSA) is 90.6 Å². The van der Waals surface area contributed by atoms with Gasteiger partial charge >= 0.3 is 11.9 Å². The predicted molar refractivity (Wildman–Crippen MR) is 64.2 cm³/mol. The molecule has 0 aliphatic heterocycles. The maximum atomic E-state index is 12.5. The molecule has 0 radical (unpaired) electrons. The van der Waals surface area contributed by atoms with Crippen LogP contribution in [0.2, 0.25) is 0 Å². The van der Waals surface area contributed by atoms with E-state index in [0.717, 1.165) is 12.1 Å². The number of nitrogens with zero attached hydrogens (tertiary/aromatic N) is 1. The highest BCUT2D eigenvalue weighted by Crippen LogP contribution is 2.29. The second-order valence-corrected chi connectivity index (χ2v) is 3.91. The molecular weight excluding hydrogens is 277 g/mol. The Kier molecular flexibility index (Phi) is 3.59. The predicted octanol–water partition coefficient (Wildman–Crippen LogP) is 1.09. The number of hydrogen-bond acceptors (Lipinski definition) is 4. The van der Waals surface area contributed by atoms with Gasteiger partial charge in [0.25, 0.3) is 5.56 Å². The average Bonchev–Trinajstić information content (AvgIpc) is 2.37. The highest BCUT2D eigenvalue weighted by molar-refractivity contribution is 5.33. The third kappa shape index (κ3) is 3.25. The number of alkyl halides is 3. The first-order valence-corrected chi connectivity index (χ1v) is 5.45. The number of nitrogens with one attached hydrogen (secondary N) is 3. The van der Waals surface area contributed by atoms with Gasteiger partial charge in [0.15, 0.2) is 0 Å². The average molecular weight is 286 g/mol. The zero-order valence-corrected chi connectivity index (χ0v) is 9.91. The van der Waals surface area contributed by atoms with Crippen molar-refractivity contribution in [1.29, 1.82) is 0 Å². The summed E-state index contributed by atoms with van der Waals surface area (Å²) in [5.41, 5.74) is -1.97. The second-order valence-electron chi connectivity index (χ2n) is 3.91. The quantitative estimate of drug-likeness (QED) is 0.787. The summed E-state index contributed by atoms with van der Waals surface area (Å²) in [5, 5.41) is 8.00. The van der Waals surface area contributed by atoms with Crippen LogP contribution in [0.4, 0.5) is 19.0 Å². The largest absolute Gasteiger partial charge is 0.416 e. The summed E-state index contributed by atoms with van der Waals surface area (Å²) in [6, 6.07) is 4.66. The summed E-state index contributed by atoms with van der Waals surface area (Å²) >= 11 is 0. The van der Waals surface area contributed by atoms with Gasteiger partial charge in [-0.15, -0.1) is 5.10 Å². The van der Waals surface area contributed by atoms with Gasteiger partial charge in [-0.1, -0.05) is 12.1 Å².